The van der Waals surface area contributed by atoms with Crippen LogP contribution in [-0.4, -0.2) is 29.9 Å². The zero-order valence-electron chi connectivity index (χ0n) is 9.89. The van der Waals surface area contributed by atoms with Crippen LogP contribution in [0, 0.1) is 0 Å². The maximum absolute atomic E-state index is 12.2. The van der Waals surface area contributed by atoms with Crippen LogP contribution in [-0.2, 0) is 6.54 Å². The third-order valence-electron chi connectivity index (χ3n) is 3.23. The second-order valence-electron chi connectivity index (χ2n) is 4.35. The molecule has 1 aromatic heterocycles. The van der Waals surface area contributed by atoms with E-state index in [1.807, 2.05) is 4.90 Å². The Morgan fingerprint density at radius 3 is 2.88 bits per heavy atom. The van der Waals surface area contributed by atoms with E-state index in [2.05, 4.69) is 0 Å². The van der Waals surface area contributed by atoms with E-state index in [0.29, 0.717) is 24.6 Å². The van der Waals surface area contributed by atoms with Gasteiger partial charge in [-0.3, -0.25) is 4.79 Å². The highest BCUT2D eigenvalue weighted by atomic mass is 16.4. The number of furan rings is 1. The third kappa shape index (κ3) is 2.50. The SMILES string of the molecule is NCc1ccc(C(=O)N2CCCC[C@@H]2CN)o1. The van der Waals surface area contributed by atoms with Crippen LogP contribution in [0.4, 0.5) is 0 Å². The Labute approximate surface area is 101 Å². The summed E-state index contributed by atoms with van der Waals surface area (Å²) in [6, 6.07) is 3.57. The van der Waals surface area contributed by atoms with Gasteiger partial charge in [-0.05, 0) is 31.4 Å². The number of nitrogens with zero attached hydrogens (tertiary/aromatic N) is 1. The van der Waals surface area contributed by atoms with Crippen LogP contribution in [0.2, 0.25) is 0 Å². The molecule has 5 nitrogen and oxygen atoms in total. The summed E-state index contributed by atoms with van der Waals surface area (Å²) in [5.41, 5.74) is 11.2. The lowest BCUT2D eigenvalue weighted by molar-refractivity contribution is 0.0589. The summed E-state index contributed by atoms with van der Waals surface area (Å²) < 4.78 is 5.38. The van der Waals surface area contributed by atoms with Gasteiger partial charge < -0.3 is 20.8 Å². The first-order valence-corrected chi connectivity index (χ1v) is 6.06. The van der Waals surface area contributed by atoms with Crippen molar-refractivity contribution in [1.82, 2.24) is 4.90 Å². The van der Waals surface area contributed by atoms with E-state index in [-0.39, 0.29) is 11.9 Å². The van der Waals surface area contributed by atoms with Crippen molar-refractivity contribution < 1.29 is 9.21 Å². The normalized spacial score (nSPS) is 20.6. The molecule has 0 saturated carbocycles. The molecule has 5 heteroatoms. The van der Waals surface area contributed by atoms with Gasteiger partial charge in [0.1, 0.15) is 5.76 Å². The Bertz CT molecular complexity index is 389. The van der Waals surface area contributed by atoms with Crippen LogP contribution in [0.5, 0.6) is 0 Å². The Morgan fingerprint density at radius 1 is 1.41 bits per heavy atom. The van der Waals surface area contributed by atoms with Crippen LogP contribution in [0.15, 0.2) is 16.5 Å². The summed E-state index contributed by atoms with van der Waals surface area (Å²) in [6.45, 7) is 1.59. The number of carbonyl (C=O) groups is 1. The van der Waals surface area contributed by atoms with Crippen LogP contribution >= 0.6 is 0 Å². The van der Waals surface area contributed by atoms with E-state index < -0.39 is 0 Å². The molecule has 1 saturated heterocycles. The van der Waals surface area contributed by atoms with Gasteiger partial charge in [-0.15, -0.1) is 0 Å². The minimum absolute atomic E-state index is 0.0696. The minimum atomic E-state index is -0.0696. The number of hydrogen-bond donors (Lipinski definition) is 2. The molecule has 0 radical (unpaired) electrons. The summed E-state index contributed by atoms with van der Waals surface area (Å²) >= 11 is 0. The summed E-state index contributed by atoms with van der Waals surface area (Å²) in [7, 11) is 0. The summed E-state index contributed by atoms with van der Waals surface area (Å²) in [4.78, 5) is 14.1. The van der Waals surface area contributed by atoms with Crippen LogP contribution in [0.1, 0.15) is 35.6 Å². The maximum atomic E-state index is 12.2. The Kier molecular flexibility index (Phi) is 3.81. The molecule has 4 N–H and O–H groups in total. The number of nitrogens with two attached hydrogens (primary N) is 2. The molecule has 0 aliphatic carbocycles. The van der Waals surface area contributed by atoms with Crippen molar-refractivity contribution >= 4 is 5.91 Å². The van der Waals surface area contributed by atoms with Gasteiger partial charge in [-0.2, -0.15) is 0 Å². The van der Waals surface area contributed by atoms with Crippen molar-refractivity contribution in [3.63, 3.8) is 0 Å². The number of hydrogen-bond acceptors (Lipinski definition) is 4. The molecule has 0 spiro atoms. The quantitative estimate of drug-likeness (QED) is 0.810. The number of piperidine rings is 1. The Morgan fingerprint density at radius 2 is 2.24 bits per heavy atom. The first kappa shape index (κ1) is 12.1. The average molecular weight is 237 g/mol. The van der Waals surface area contributed by atoms with E-state index in [9.17, 15) is 4.79 Å². The third-order valence-corrected chi connectivity index (χ3v) is 3.23. The fraction of sp³-hybridized carbons (Fsp3) is 0.583. The van der Waals surface area contributed by atoms with Crippen molar-refractivity contribution in [3.8, 4) is 0 Å². The number of amides is 1. The van der Waals surface area contributed by atoms with Crippen molar-refractivity contribution in [2.45, 2.75) is 31.8 Å². The highest BCUT2D eigenvalue weighted by molar-refractivity contribution is 5.91. The van der Waals surface area contributed by atoms with Gasteiger partial charge in [0.2, 0.25) is 0 Å². The summed E-state index contributed by atoms with van der Waals surface area (Å²) in [6.07, 6.45) is 3.15. The molecular weight excluding hydrogens is 218 g/mol. The van der Waals surface area contributed by atoms with Crippen LogP contribution < -0.4 is 11.5 Å². The molecule has 0 bridgehead atoms. The van der Waals surface area contributed by atoms with E-state index in [1.54, 1.807) is 12.1 Å². The van der Waals surface area contributed by atoms with Gasteiger partial charge in [-0.1, -0.05) is 0 Å². The predicted octanol–water partition coefficient (Wildman–Crippen LogP) is 0.692. The molecule has 1 aliphatic rings. The van der Waals surface area contributed by atoms with Gasteiger partial charge in [0.05, 0.1) is 6.54 Å². The van der Waals surface area contributed by atoms with E-state index in [0.717, 1.165) is 25.8 Å². The smallest absolute Gasteiger partial charge is 0.289 e. The highest BCUT2D eigenvalue weighted by Gasteiger charge is 2.28. The van der Waals surface area contributed by atoms with Gasteiger partial charge in [0.25, 0.3) is 5.91 Å². The van der Waals surface area contributed by atoms with Gasteiger partial charge in [0.15, 0.2) is 5.76 Å². The summed E-state index contributed by atoms with van der Waals surface area (Å²) in [5, 5.41) is 0. The molecule has 1 amide bonds. The largest absolute Gasteiger partial charge is 0.455 e. The van der Waals surface area contributed by atoms with E-state index in [1.165, 1.54) is 0 Å². The molecule has 0 aromatic carbocycles. The van der Waals surface area contributed by atoms with Crippen molar-refractivity contribution in [2.75, 3.05) is 13.1 Å². The standard InChI is InChI=1S/C12H19N3O2/c13-7-9-3-1-2-6-15(9)12(16)11-5-4-10(8-14)17-11/h4-5,9H,1-3,6-8,13-14H2/t9-/m1/s1. The van der Waals surface area contributed by atoms with Crippen molar-refractivity contribution in [2.24, 2.45) is 11.5 Å². The Hall–Kier alpha value is -1.33. The predicted molar refractivity (Wildman–Crippen MR) is 64.3 cm³/mol. The van der Waals surface area contributed by atoms with Gasteiger partial charge in [0, 0.05) is 19.1 Å². The molecule has 1 fully saturated rings. The molecule has 17 heavy (non-hydrogen) atoms. The van der Waals surface area contributed by atoms with Crippen molar-refractivity contribution in [3.05, 3.63) is 23.7 Å². The molecule has 2 heterocycles. The van der Waals surface area contributed by atoms with Crippen molar-refractivity contribution in [1.29, 1.82) is 0 Å². The fourth-order valence-corrected chi connectivity index (χ4v) is 2.26. The highest BCUT2D eigenvalue weighted by Crippen LogP contribution is 2.20. The first-order valence-electron chi connectivity index (χ1n) is 6.06. The lowest BCUT2D eigenvalue weighted by Gasteiger charge is -2.34. The fourth-order valence-electron chi connectivity index (χ4n) is 2.26. The summed E-state index contributed by atoms with van der Waals surface area (Å²) in [5.74, 6) is 0.931. The monoisotopic (exact) mass is 237 g/mol. The lowest BCUT2D eigenvalue weighted by Crippen LogP contribution is -2.47. The number of carbonyl (C=O) groups excluding carboxylic acids is 1. The second kappa shape index (κ2) is 5.33. The molecule has 1 atom stereocenters. The maximum Gasteiger partial charge on any atom is 0.289 e. The second-order valence-corrected chi connectivity index (χ2v) is 4.35. The molecule has 0 unspecified atom stereocenters. The van der Waals surface area contributed by atoms with E-state index >= 15 is 0 Å². The minimum Gasteiger partial charge on any atom is -0.455 e. The molecular formula is C12H19N3O2. The average Bonchev–Trinajstić information content (AvgIpc) is 2.86. The zero-order valence-corrected chi connectivity index (χ0v) is 9.89. The number of rotatable bonds is 3. The first-order chi connectivity index (χ1) is 8.26. The number of likely N-dealkylation sites (tertiary alicyclic amines) is 1. The molecule has 1 aliphatic heterocycles. The molecule has 1 aromatic rings. The lowest BCUT2D eigenvalue weighted by atomic mass is 10.0. The van der Waals surface area contributed by atoms with Crippen LogP contribution in [0.25, 0.3) is 0 Å². The topological polar surface area (TPSA) is 85.5 Å². The van der Waals surface area contributed by atoms with Crippen LogP contribution in [0.3, 0.4) is 0 Å². The van der Waals surface area contributed by atoms with Gasteiger partial charge in [-0.25, -0.2) is 0 Å². The Balaban J connectivity index is 2.12. The zero-order chi connectivity index (χ0) is 12.3. The molecule has 2 rings (SSSR count). The van der Waals surface area contributed by atoms with E-state index in [4.69, 9.17) is 15.9 Å². The van der Waals surface area contributed by atoms with Gasteiger partial charge >= 0.3 is 0 Å². The molecule has 94 valence electrons.